The Morgan fingerprint density at radius 2 is 1.67 bits per heavy atom. The number of azide groups is 1. The topological polar surface area (TPSA) is 142 Å². The first-order valence-corrected chi connectivity index (χ1v) is 12.5. The minimum Gasteiger partial charge on any atom is -0.379 e. The fraction of sp³-hybridized carbons (Fsp3) is 0.826. The second-order valence-corrected chi connectivity index (χ2v) is 9.22. The van der Waals surface area contributed by atoms with Gasteiger partial charge in [-0.25, -0.2) is 9.97 Å². The maximum absolute atomic E-state index is 13.1. The lowest BCUT2D eigenvalue weighted by molar-refractivity contribution is -0.160. The van der Waals surface area contributed by atoms with Crippen LogP contribution in [0.15, 0.2) is 17.4 Å². The van der Waals surface area contributed by atoms with Gasteiger partial charge >= 0.3 is 6.18 Å². The van der Waals surface area contributed by atoms with E-state index in [0.29, 0.717) is 46.2 Å². The molecule has 1 aromatic heterocycles. The van der Waals surface area contributed by atoms with Crippen LogP contribution in [0.5, 0.6) is 0 Å². The minimum atomic E-state index is -4.58. The Balaban J connectivity index is 1.38. The largest absolute Gasteiger partial charge is 0.433 e. The van der Waals surface area contributed by atoms with Gasteiger partial charge in [-0.05, 0) is 25.4 Å². The smallest absolute Gasteiger partial charge is 0.379 e. The highest BCUT2D eigenvalue weighted by Gasteiger charge is 2.53. The van der Waals surface area contributed by atoms with Crippen molar-refractivity contribution in [3.63, 3.8) is 0 Å². The highest BCUT2D eigenvalue weighted by Crippen LogP contribution is 2.38. The number of rotatable bonds is 16. The van der Waals surface area contributed by atoms with Crippen LogP contribution >= 0.6 is 0 Å². The summed E-state index contributed by atoms with van der Waals surface area (Å²) in [4.78, 5) is 11.9. The Morgan fingerprint density at radius 1 is 1.05 bits per heavy atom. The normalized spacial score (nSPS) is 24.3. The minimum absolute atomic E-state index is 0.0841. The Hall–Kier alpha value is -2.30. The van der Waals surface area contributed by atoms with Gasteiger partial charge in [-0.15, -0.1) is 0 Å². The van der Waals surface area contributed by atoms with Gasteiger partial charge in [0.1, 0.15) is 24.0 Å². The Morgan fingerprint density at radius 3 is 2.31 bits per heavy atom. The number of aromatic nitrogens is 2. The van der Waals surface area contributed by atoms with Gasteiger partial charge < -0.3 is 38.1 Å². The van der Waals surface area contributed by atoms with Gasteiger partial charge in [-0.3, -0.25) is 0 Å². The predicted octanol–water partition coefficient (Wildman–Crippen LogP) is 2.60. The highest BCUT2D eigenvalue weighted by atomic mass is 19.4. The molecule has 3 heterocycles. The van der Waals surface area contributed by atoms with Crippen molar-refractivity contribution >= 4 is 5.95 Å². The molecule has 2 aliphatic rings. The fourth-order valence-corrected chi connectivity index (χ4v) is 4.12. The van der Waals surface area contributed by atoms with E-state index in [9.17, 15) is 13.2 Å². The molecular weight excluding hydrogens is 529 g/mol. The number of anilines is 1. The number of likely N-dealkylation sites (N-methyl/N-ethyl adjacent to an activating group) is 1. The van der Waals surface area contributed by atoms with Crippen molar-refractivity contribution in [2.75, 3.05) is 78.0 Å². The molecule has 0 saturated carbocycles. The van der Waals surface area contributed by atoms with Crippen LogP contribution in [0.4, 0.5) is 19.1 Å². The zero-order valence-electron chi connectivity index (χ0n) is 22.2. The average molecular weight is 565 g/mol. The van der Waals surface area contributed by atoms with E-state index in [1.165, 1.54) is 4.90 Å². The summed E-state index contributed by atoms with van der Waals surface area (Å²) < 4.78 is 79.4. The molecular formula is C23H35F3N6O7. The molecule has 3 rings (SSSR count). The molecule has 13 nitrogen and oxygen atoms in total. The lowest BCUT2D eigenvalue weighted by Crippen LogP contribution is -2.58. The van der Waals surface area contributed by atoms with Crippen molar-refractivity contribution in [1.82, 2.24) is 9.97 Å². The molecule has 2 fully saturated rings. The zero-order chi connectivity index (χ0) is 28.3. The molecule has 2 aliphatic heterocycles. The molecule has 0 N–H and O–H groups in total. The number of nitrogens with zero attached hydrogens (tertiary/aromatic N) is 6. The van der Waals surface area contributed by atoms with Crippen molar-refractivity contribution in [3.8, 4) is 0 Å². The molecule has 0 aliphatic carbocycles. The summed E-state index contributed by atoms with van der Waals surface area (Å²) >= 11 is 0. The summed E-state index contributed by atoms with van der Waals surface area (Å²) in [5.41, 5.74) is 7.14. The van der Waals surface area contributed by atoms with Crippen molar-refractivity contribution in [3.05, 3.63) is 28.4 Å². The van der Waals surface area contributed by atoms with Crippen LogP contribution in [0.3, 0.4) is 0 Å². The van der Waals surface area contributed by atoms with Crippen molar-refractivity contribution in [1.29, 1.82) is 0 Å². The zero-order valence-corrected chi connectivity index (χ0v) is 22.2. The highest BCUT2D eigenvalue weighted by molar-refractivity contribution is 5.33. The Bertz CT molecular complexity index is 938. The number of fused-ring (bicyclic) bond motifs is 1. The molecule has 0 unspecified atom stereocenters. The molecule has 4 atom stereocenters. The quantitative estimate of drug-likeness (QED) is 0.127. The summed E-state index contributed by atoms with van der Waals surface area (Å²) in [6.45, 7) is 6.85. The van der Waals surface area contributed by atoms with Gasteiger partial charge in [0, 0.05) is 24.7 Å². The predicted molar refractivity (Wildman–Crippen MR) is 130 cm³/mol. The van der Waals surface area contributed by atoms with E-state index in [-0.39, 0.29) is 25.7 Å². The molecule has 1 aromatic rings. The summed E-state index contributed by atoms with van der Waals surface area (Å²) in [6.07, 6.45) is -4.94. The van der Waals surface area contributed by atoms with Gasteiger partial charge in [-0.1, -0.05) is 5.11 Å². The van der Waals surface area contributed by atoms with Gasteiger partial charge in [0.15, 0.2) is 5.79 Å². The Labute approximate surface area is 224 Å². The number of hydrogen-bond acceptors (Lipinski definition) is 11. The van der Waals surface area contributed by atoms with Gasteiger partial charge in [0.25, 0.3) is 0 Å². The third kappa shape index (κ3) is 9.69. The lowest BCUT2D eigenvalue weighted by Gasteiger charge is -2.41. The molecule has 2 saturated heterocycles. The fourth-order valence-electron chi connectivity index (χ4n) is 4.12. The standard InChI is InChI=1S/C23H35F3N6O7/c1-22(2)38-19-16(32(3)21-28-5-4-18(30-21)23(24,25)26)14-37-17(20(19)39-22)15-36-13-12-35-11-10-34-9-8-33-7-6-29-31-27/h4-5,16-17,19-20H,6-15H2,1-3H3/t16-,17+,19+,20-/m0/s1. The van der Waals surface area contributed by atoms with E-state index in [2.05, 4.69) is 20.0 Å². The first kappa shape index (κ1) is 31.2. The lowest BCUT2D eigenvalue weighted by atomic mass is 9.97. The second-order valence-electron chi connectivity index (χ2n) is 9.22. The summed E-state index contributed by atoms with van der Waals surface area (Å²) in [6, 6.07) is 0.351. The SMILES string of the molecule is CN(c1nccc(C(F)(F)F)n1)[C@H]1CO[C@H](COCCOCCOCCOCCN=[N+]=[N-])[C@@H]2OC(C)(C)O[C@@H]21. The van der Waals surface area contributed by atoms with Crippen LogP contribution in [0.2, 0.25) is 0 Å². The van der Waals surface area contributed by atoms with Gasteiger partial charge in [-0.2, -0.15) is 13.2 Å². The third-order valence-electron chi connectivity index (χ3n) is 5.93. The van der Waals surface area contributed by atoms with E-state index < -0.39 is 42.0 Å². The summed E-state index contributed by atoms with van der Waals surface area (Å²) in [5, 5.41) is 3.36. The van der Waals surface area contributed by atoms with E-state index in [1.807, 2.05) is 0 Å². The maximum Gasteiger partial charge on any atom is 0.433 e. The van der Waals surface area contributed by atoms with E-state index >= 15 is 0 Å². The maximum atomic E-state index is 13.1. The van der Waals surface area contributed by atoms with Crippen LogP contribution < -0.4 is 4.90 Å². The first-order valence-electron chi connectivity index (χ1n) is 12.5. The van der Waals surface area contributed by atoms with E-state index in [4.69, 9.17) is 38.7 Å². The molecule has 220 valence electrons. The summed E-state index contributed by atoms with van der Waals surface area (Å²) in [5.74, 6) is -0.993. The number of alkyl halides is 3. The van der Waals surface area contributed by atoms with Crippen LogP contribution in [-0.4, -0.2) is 113 Å². The van der Waals surface area contributed by atoms with Crippen LogP contribution in [-0.2, 0) is 39.3 Å². The van der Waals surface area contributed by atoms with Crippen molar-refractivity contribution < 1.29 is 46.3 Å². The molecule has 0 aromatic carbocycles. The average Bonchev–Trinajstić information content (AvgIpc) is 3.23. The third-order valence-corrected chi connectivity index (χ3v) is 5.93. The molecule has 39 heavy (non-hydrogen) atoms. The summed E-state index contributed by atoms with van der Waals surface area (Å²) in [7, 11) is 1.60. The Kier molecular flexibility index (Phi) is 11.9. The molecule has 0 radical (unpaired) electrons. The van der Waals surface area contributed by atoms with Crippen molar-refractivity contribution in [2.45, 2.75) is 50.2 Å². The number of hydrogen-bond donors (Lipinski definition) is 0. The molecule has 0 spiro atoms. The number of ether oxygens (including phenoxy) is 7. The van der Waals surface area contributed by atoms with E-state index in [1.54, 1.807) is 20.9 Å². The first-order chi connectivity index (χ1) is 18.6. The van der Waals surface area contributed by atoms with Crippen molar-refractivity contribution in [2.24, 2.45) is 5.11 Å². The van der Waals surface area contributed by atoms with E-state index in [0.717, 1.165) is 12.3 Å². The van der Waals surface area contributed by atoms with Crippen LogP contribution in [0.1, 0.15) is 19.5 Å². The number of halogens is 3. The monoisotopic (exact) mass is 564 g/mol. The molecule has 0 amide bonds. The van der Waals surface area contributed by atoms with Gasteiger partial charge in [0.05, 0.1) is 65.5 Å². The van der Waals surface area contributed by atoms with Crippen LogP contribution in [0, 0.1) is 0 Å². The molecule has 0 bridgehead atoms. The molecule has 16 heteroatoms. The second kappa shape index (κ2) is 14.9. The van der Waals surface area contributed by atoms with Crippen LogP contribution in [0.25, 0.3) is 10.4 Å². The van der Waals surface area contributed by atoms with Gasteiger partial charge in [0.2, 0.25) is 5.95 Å².